The Balaban J connectivity index is 1.48. The van der Waals surface area contributed by atoms with Gasteiger partial charge in [-0.05, 0) is 50.8 Å². The van der Waals surface area contributed by atoms with Crippen molar-refractivity contribution in [2.24, 2.45) is 4.99 Å². The van der Waals surface area contributed by atoms with E-state index in [0.29, 0.717) is 6.04 Å². The minimum Gasteiger partial charge on any atom is -0.369 e. The number of aliphatic imine (C=N–C) groups is 1. The van der Waals surface area contributed by atoms with Crippen molar-refractivity contribution in [3.05, 3.63) is 42.7 Å². The zero-order valence-corrected chi connectivity index (χ0v) is 16.5. The molecule has 2 N–H and O–H groups in total. The molecule has 1 saturated heterocycles. The molecule has 0 saturated carbocycles. The van der Waals surface area contributed by atoms with Crippen LogP contribution < -0.4 is 15.5 Å². The Morgan fingerprint density at radius 1 is 1.29 bits per heavy atom. The Bertz CT molecular complexity index is 732. The van der Waals surface area contributed by atoms with Crippen molar-refractivity contribution in [3.63, 3.8) is 0 Å². The van der Waals surface area contributed by atoms with E-state index in [0.717, 1.165) is 70.1 Å². The highest BCUT2D eigenvalue weighted by Crippen LogP contribution is 2.20. The molecule has 1 aromatic carbocycles. The van der Waals surface area contributed by atoms with Gasteiger partial charge >= 0.3 is 0 Å². The van der Waals surface area contributed by atoms with E-state index in [1.54, 1.807) is 24.8 Å². The van der Waals surface area contributed by atoms with Crippen molar-refractivity contribution in [1.82, 2.24) is 25.4 Å². The minimum atomic E-state index is -0.186. The minimum absolute atomic E-state index is 0.186. The molecule has 8 heteroatoms. The van der Waals surface area contributed by atoms with Gasteiger partial charge in [-0.25, -0.2) is 4.39 Å². The molecular formula is C20H30FN7. The number of benzene rings is 1. The van der Waals surface area contributed by atoms with Crippen LogP contribution in [0.2, 0.25) is 0 Å². The smallest absolute Gasteiger partial charge is 0.191 e. The van der Waals surface area contributed by atoms with Crippen LogP contribution in [-0.4, -0.2) is 52.9 Å². The third kappa shape index (κ3) is 6.21. The van der Waals surface area contributed by atoms with E-state index >= 15 is 0 Å². The fourth-order valence-corrected chi connectivity index (χ4v) is 3.45. The number of anilines is 1. The first-order chi connectivity index (χ1) is 13.7. The maximum absolute atomic E-state index is 13.5. The number of piperidine rings is 1. The monoisotopic (exact) mass is 387 g/mol. The molecule has 0 amide bonds. The highest BCUT2D eigenvalue weighted by molar-refractivity contribution is 5.80. The van der Waals surface area contributed by atoms with Crippen molar-refractivity contribution in [3.8, 4) is 0 Å². The first kappa shape index (κ1) is 20.1. The van der Waals surface area contributed by atoms with Crippen molar-refractivity contribution in [1.29, 1.82) is 0 Å². The lowest BCUT2D eigenvalue weighted by molar-refractivity contribution is 0.467. The summed E-state index contributed by atoms with van der Waals surface area (Å²) >= 11 is 0. The van der Waals surface area contributed by atoms with Crippen molar-refractivity contribution in [2.75, 3.05) is 31.1 Å². The van der Waals surface area contributed by atoms with Crippen LogP contribution >= 0.6 is 0 Å². The second kappa shape index (κ2) is 10.6. The molecule has 1 aliphatic rings. The van der Waals surface area contributed by atoms with E-state index in [1.807, 2.05) is 10.6 Å². The summed E-state index contributed by atoms with van der Waals surface area (Å²) in [5.74, 6) is 0.673. The molecule has 1 aromatic heterocycles. The van der Waals surface area contributed by atoms with E-state index in [4.69, 9.17) is 4.99 Å². The van der Waals surface area contributed by atoms with Gasteiger partial charge in [0.25, 0.3) is 0 Å². The molecule has 152 valence electrons. The normalized spacial score (nSPS) is 17.6. The van der Waals surface area contributed by atoms with Gasteiger partial charge in [-0.15, -0.1) is 10.2 Å². The van der Waals surface area contributed by atoms with Gasteiger partial charge in [0.2, 0.25) is 0 Å². The SMILES string of the molecule is CCNC(=NCCCCn1cnnc1)NC1CCCN(c2cccc(F)c2)C1. The van der Waals surface area contributed by atoms with Crippen LogP contribution in [-0.2, 0) is 6.54 Å². The lowest BCUT2D eigenvalue weighted by Crippen LogP contribution is -2.51. The zero-order chi connectivity index (χ0) is 19.6. The van der Waals surface area contributed by atoms with Gasteiger partial charge in [-0.3, -0.25) is 4.99 Å². The fraction of sp³-hybridized carbons (Fsp3) is 0.550. The van der Waals surface area contributed by atoms with Crippen molar-refractivity contribution >= 4 is 11.6 Å². The van der Waals surface area contributed by atoms with E-state index in [1.165, 1.54) is 6.07 Å². The number of aromatic nitrogens is 3. The van der Waals surface area contributed by atoms with Crippen LogP contribution in [0.1, 0.15) is 32.6 Å². The van der Waals surface area contributed by atoms with Gasteiger partial charge in [0.1, 0.15) is 18.5 Å². The topological polar surface area (TPSA) is 70.4 Å². The number of halogens is 1. The lowest BCUT2D eigenvalue weighted by Gasteiger charge is -2.35. The molecule has 3 rings (SSSR count). The number of nitrogens with one attached hydrogen (secondary N) is 2. The summed E-state index contributed by atoms with van der Waals surface area (Å²) in [5, 5.41) is 14.5. The van der Waals surface area contributed by atoms with Crippen molar-refractivity contribution in [2.45, 2.75) is 45.2 Å². The third-order valence-corrected chi connectivity index (χ3v) is 4.84. The molecule has 1 atom stereocenters. The molecular weight excluding hydrogens is 357 g/mol. The van der Waals surface area contributed by atoms with Gasteiger partial charge in [0.15, 0.2) is 5.96 Å². The molecule has 2 aromatic rings. The quantitative estimate of drug-likeness (QED) is 0.414. The van der Waals surface area contributed by atoms with E-state index < -0.39 is 0 Å². The van der Waals surface area contributed by atoms with Crippen LogP contribution in [0.5, 0.6) is 0 Å². The van der Waals surface area contributed by atoms with E-state index in [-0.39, 0.29) is 5.82 Å². The average molecular weight is 388 g/mol. The molecule has 28 heavy (non-hydrogen) atoms. The number of nitrogens with zero attached hydrogens (tertiary/aromatic N) is 5. The molecule has 0 spiro atoms. The van der Waals surface area contributed by atoms with Crippen LogP contribution in [0.4, 0.5) is 10.1 Å². The van der Waals surface area contributed by atoms with Gasteiger partial charge in [-0.2, -0.15) is 0 Å². The largest absolute Gasteiger partial charge is 0.369 e. The first-order valence-corrected chi connectivity index (χ1v) is 10.1. The maximum atomic E-state index is 13.5. The second-order valence-electron chi connectivity index (χ2n) is 7.08. The van der Waals surface area contributed by atoms with Crippen molar-refractivity contribution < 1.29 is 4.39 Å². The van der Waals surface area contributed by atoms with Crippen LogP contribution in [0.25, 0.3) is 0 Å². The van der Waals surface area contributed by atoms with Crippen LogP contribution in [0.15, 0.2) is 41.9 Å². The summed E-state index contributed by atoms with van der Waals surface area (Å²) in [6, 6.07) is 7.14. The maximum Gasteiger partial charge on any atom is 0.191 e. The Hall–Kier alpha value is -2.64. The summed E-state index contributed by atoms with van der Waals surface area (Å²) < 4.78 is 15.5. The van der Waals surface area contributed by atoms with Gasteiger partial charge in [0.05, 0.1) is 0 Å². The molecule has 1 aliphatic heterocycles. The average Bonchev–Trinajstić information content (AvgIpc) is 3.21. The zero-order valence-electron chi connectivity index (χ0n) is 16.5. The highest BCUT2D eigenvalue weighted by Gasteiger charge is 2.21. The third-order valence-electron chi connectivity index (χ3n) is 4.84. The standard InChI is InChI=1S/C20H30FN7/c1-2-22-20(23-10-3-4-11-27-15-24-25-16-27)26-18-8-6-12-28(14-18)19-9-5-7-17(21)13-19/h5,7,9,13,15-16,18H,2-4,6,8,10-12,14H2,1H3,(H2,22,23,26). The number of rotatable bonds is 8. The number of aryl methyl sites for hydroxylation is 1. The molecule has 0 bridgehead atoms. The number of hydrogen-bond donors (Lipinski definition) is 2. The molecule has 1 fully saturated rings. The summed E-state index contributed by atoms with van der Waals surface area (Å²) in [6.07, 6.45) is 7.69. The summed E-state index contributed by atoms with van der Waals surface area (Å²) in [4.78, 5) is 6.96. The number of unbranched alkanes of at least 4 members (excludes halogenated alkanes) is 1. The summed E-state index contributed by atoms with van der Waals surface area (Å²) in [5.41, 5.74) is 0.947. The van der Waals surface area contributed by atoms with E-state index in [2.05, 4.69) is 32.7 Å². The molecule has 0 radical (unpaired) electrons. The second-order valence-corrected chi connectivity index (χ2v) is 7.08. The molecule has 2 heterocycles. The fourth-order valence-electron chi connectivity index (χ4n) is 3.45. The first-order valence-electron chi connectivity index (χ1n) is 10.1. The Labute approximate surface area is 166 Å². The number of guanidine groups is 1. The van der Waals surface area contributed by atoms with Gasteiger partial charge < -0.3 is 20.1 Å². The molecule has 0 aliphatic carbocycles. The summed E-state index contributed by atoms with van der Waals surface area (Å²) in [7, 11) is 0. The molecule has 7 nitrogen and oxygen atoms in total. The van der Waals surface area contributed by atoms with Gasteiger partial charge in [0, 0.05) is 44.5 Å². The Morgan fingerprint density at radius 2 is 2.14 bits per heavy atom. The predicted molar refractivity (Wildman–Crippen MR) is 110 cm³/mol. The molecule has 1 unspecified atom stereocenters. The van der Waals surface area contributed by atoms with Gasteiger partial charge in [-0.1, -0.05) is 6.07 Å². The Morgan fingerprint density at radius 3 is 2.93 bits per heavy atom. The van der Waals surface area contributed by atoms with E-state index in [9.17, 15) is 4.39 Å². The van der Waals surface area contributed by atoms with Crippen LogP contribution in [0.3, 0.4) is 0 Å². The number of hydrogen-bond acceptors (Lipinski definition) is 4. The van der Waals surface area contributed by atoms with Crippen LogP contribution in [0, 0.1) is 5.82 Å². The highest BCUT2D eigenvalue weighted by atomic mass is 19.1. The predicted octanol–water partition coefficient (Wildman–Crippen LogP) is 2.42. The lowest BCUT2D eigenvalue weighted by atomic mass is 10.0. The summed E-state index contributed by atoms with van der Waals surface area (Å²) in [6.45, 7) is 6.39. The Kier molecular flexibility index (Phi) is 7.63.